The highest BCUT2D eigenvalue weighted by molar-refractivity contribution is 5.93. The lowest BCUT2D eigenvalue weighted by atomic mass is 9.99. The highest BCUT2D eigenvalue weighted by Crippen LogP contribution is 2.14. The number of hydrogen-bond donors (Lipinski definition) is 2. The number of amides is 3. The Morgan fingerprint density at radius 3 is 2.11 bits per heavy atom. The minimum absolute atomic E-state index is 0.0651. The van der Waals surface area contributed by atoms with Gasteiger partial charge < -0.3 is 20.4 Å². The Labute approximate surface area is 225 Å². The molecule has 1 fully saturated rings. The van der Waals surface area contributed by atoms with E-state index in [1.165, 1.54) is 38.8 Å². The molecule has 210 valence electrons. The van der Waals surface area contributed by atoms with Crippen LogP contribution in [-0.4, -0.2) is 71.8 Å². The minimum Gasteiger partial charge on any atom is -0.350 e. The average Bonchev–Trinajstić information content (AvgIpc) is 2.90. The van der Waals surface area contributed by atoms with Gasteiger partial charge in [-0.25, -0.2) is 0 Å². The first-order valence-electron chi connectivity index (χ1n) is 13.6. The summed E-state index contributed by atoms with van der Waals surface area (Å²) in [5.74, 6) is -0.283. The third-order valence-electron chi connectivity index (χ3n) is 5.96. The fourth-order valence-electron chi connectivity index (χ4n) is 3.76. The van der Waals surface area contributed by atoms with Crippen LogP contribution in [0.1, 0.15) is 79.7 Å². The molecule has 1 aliphatic heterocycles. The van der Waals surface area contributed by atoms with E-state index in [1.807, 2.05) is 26.0 Å². The third kappa shape index (κ3) is 15.2. The van der Waals surface area contributed by atoms with Gasteiger partial charge in [0.2, 0.25) is 18.2 Å². The van der Waals surface area contributed by atoms with Crippen molar-refractivity contribution in [3.05, 3.63) is 41.7 Å². The van der Waals surface area contributed by atoms with E-state index in [0.717, 1.165) is 11.6 Å². The van der Waals surface area contributed by atoms with Gasteiger partial charge in [-0.05, 0) is 70.3 Å². The molecule has 0 unspecified atom stereocenters. The van der Waals surface area contributed by atoms with Crippen molar-refractivity contribution in [1.29, 1.82) is 0 Å². The summed E-state index contributed by atoms with van der Waals surface area (Å²) in [6, 6.07) is 4.20. The maximum Gasteiger partial charge on any atom is 0.246 e. The van der Waals surface area contributed by atoms with Crippen molar-refractivity contribution < 1.29 is 14.4 Å². The van der Waals surface area contributed by atoms with E-state index in [4.69, 9.17) is 0 Å². The summed E-state index contributed by atoms with van der Waals surface area (Å²) < 4.78 is 0. The van der Waals surface area contributed by atoms with E-state index >= 15 is 0 Å². The van der Waals surface area contributed by atoms with E-state index < -0.39 is 0 Å². The first-order chi connectivity index (χ1) is 17.6. The van der Waals surface area contributed by atoms with Gasteiger partial charge in [-0.1, -0.05) is 46.6 Å². The Bertz CT molecular complexity index is 790. The smallest absolute Gasteiger partial charge is 0.246 e. The van der Waals surface area contributed by atoms with Crippen LogP contribution in [0.2, 0.25) is 0 Å². The fraction of sp³-hybridized carbons (Fsp3) is 0.655. The van der Waals surface area contributed by atoms with Crippen molar-refractivity contribution >= 4 is 18.2 Å². The minimum atomic E-state index is -0.243. The van der Waals surface area contributed by atoms with Crippen molar-refractivity contribution in [3.8, 4) is 0 Å². The largest absolute Gasteiger partial charge is 0.350 e. The fourth-order valence-corrected chi connectivity index (χ4v) is 3.76. The van der Waals surface area contributed by atoms with Crippen LogP contribution in [0.25, 0.3) is 0 Å². The van der Waals surface area contributed by atoms with Gasteiger partial charge in [0.25, 0.3) is 0 Å². The van der Waals surface area contributed by atoms with Crippen molar-refractivity contribution in [2.75, 3.05) is 26.7 Å². The lowest BCUT2D eigenvalue weighted by Gasteiger charge is -2.29. The average molecular weight is 518 g/mol. The summed E-state index contributed by atoms with van der Waals surface area (Å²) in [6.07, 6.45) is 11.1. The summed E-state index contributed by atoms with van der Waals surface area (Å²) in [4.78, 5) is 42.7. The number of hydrogen-bond acceptors (Lipinski definition) is 5. The van der Waals surface area contributed by atoms with Gasteiger partial charge in [-0.3, -0.25) is 19.4 Å². The maximum absolute atomic E-state index is 12.3. The van der Waals surface area contributed by atoms with Gasteiger partial charge in [0, 0.05) is 37.6 Å². The Hall–Kier alpha value is -2.74. The Balaban J connectivity index is 0.000000887. The second-order valence-electron chi connectivity index (χ2n) is 10.0. The molecule has 1 atom stereocenters. The molecule has 0 spiro atoms. The molecule has 1 aromatic heterocycles. The number of carbonyl (C=O) groups excluding carboxylic acids is 3. The normalized spacial score (nSPS) is 14.5. The number of nitrogens with one attached hydrogen (secondary N) is 2. The number of likely N-dealkylation sites (tertiary alicyclic amines) is 1. The lowest BCUT2D eigenvalue weighted by molar-refractivity contribution is -0.132. The number of pyridine rings is 1. The predicted molar refractivity (Wildman–Crippen MR) is 152 cm³/mol. The van der Waals surface area contributed by atoms with Gasteiger partial charge in [0.15, 0.2) is 0 Å². The molecule has 1 saturated heterocycles. The number of rotatable bonds is 10. The van der Waals surface area contributed by atoms with Crippen LogP contribution in [-0.2, 0) is 20.9 Å². The summed E-state index contributed by atoms with van der Waals surface area (Å²) in [7, 11) is 1.66. The molecule has 0 bridgehead atoms. The van der Waals surface area contributed by atoms with E-state index in [0.29, 0.717) is 18.5 Å². The number of carbonyl (C=O) groups is 3. The van der Waals surface area contributed by atoms with Crippen molar-refractivity contribution in [2.24, 2.45) is 5.92 Å². The highest BCUT2D eigenvalue weighted by atomic mass is 16.2. The van der Waals surface area contributed by atoms with Crippen molar-refractivity contribution in [2.45, 2.75) is 92.8 Å². The third-order valence-corrected chi connectivity index (χ3v) is 5.96. The first-order valence-corrected chi connectivity index (χ1v) is 13.6. The molecule has 2 heterocycles. The number of nitrogens with zero attached hydrogens (tertiary/aromatic N) is 3. The molecule has 3 amide bonds. The van der Waals surface area contributed by atoms with Crippen LogP contribution in [0.4, 0.5) is 0 Å². The number of likely N-dealkylation sites (N-methyl/N-ethyl adjacent to an activating group) is 1. The number of piperidine rings is 1. The van der Waals surface area contributed by atoms with Crippen LogP contribution >= 0.6 is 0 Å². The van der Waals surface area contributed by atoms with E-state index in [2.05, 4.69) is 48.2 Å². The highest BCUT2D eigenvalue weighted by Gasteiger charge is 2.22. The molecule has 0 radical (unpaired) electrons. The van der Waals surface area contributed by atoms with E-state index in [-0.39, 0.29) is 30.3 Å². The van der Waals surface area contributed by atoms with E-state index in [9.17, 15) is 14.4 Å². The van der Waals surface area contributed by atoms with Crippen LogP contribution in [0.5, 0.6) is 0 Å². The lowest BCUT2D eigenvalue weighted by Crippen LogP contribution is -2.43. The topological polar surface area (TPSA) is 94.6 Å². The molecule has 2 rings (SSSR count). The van der Waals surface area contributed by atoms with Crippen molar-refractivity contribution in [1.82, 2.24) is 25.4 Å². The Kier molecular flexibility index (Phi) is 18.8. The zero-order valence-electron chi connectivity index (χ0n) is 24.4. The van der Waals surface area contributed by atoms with Crippen LogP contribution in [0, 0.1) is 5.92 Å². The summed E-state index contributed by atoms with van der Waals surface area (Å²) in [5, 5.41) is 5.21. The van der Waals surface area contributed by atoms with Gasteiger partial charge in [0.05, 0.1) is 12.6 Å². The SMILES string of the molecule is C/C(=C\[C@H](C(C)C)N(C)C(=O)CNC=O)C(=O)NCc1ccncc1.CC(C)N1CCCCC1.CCC. The van der Waals surface area contributed by atoms with Gasteiger partial charge in [0.1, 0.15) is 0 Å². The Morgan fingerprint density at radius 2 is 1.65 bits per heavy atom. The molecule has 0 aliphatic carbocycles. The van der Waals surface area contributed by atoms with Crippen molar-refractivity contribution in [3.63, 3.8) is 0 Å². The molecule has 1 aliphatic rings. The first kappa shape index (κ1) is 34.3. The summed E-state index contributed by atoms with van der Waals surface area (Å²) in [6.45, 7) is 17.5. The monoisotopic (exact) mass is 517 g/mol. The summed E-state index contributed by atoms with van der Waals surface area (Å²) in [5.41, 5.74) is 1.50. The molecule has 1 aromatic rings. The molecule has 8 nitrogen and oxygen atoms in total. The van der Waals surface area contributed by atoms with Gasteiger partial charge in [-0.15, -0.1) is 0 Å². The predicted octanol–water partition coefficient (Wildman–Crippen LogP) is 4.17. The molecular formula is C29H51N5O3. The second-order valence-corrected chi connectivity index (χ2v) is 10.0. The molecule has 37 heavy (non-hydrogen) atoms. The second kappa shape index (κ2) is 20.3. The molecule has 0 aromatic carbocycles. The quantitative estimate of drug-likeness (QED) is 0.359. The number of aromatic nitrogens is 1. The van der Waals surface area contributed by atoms with Crippen LogP contribution in [0.15, 0.2) is 36.2 Å². The summed E-state index contributed by atoms with van der Waals surface area (Å²) >= 11 is 0. The Morgan fingerprint density at radius 1 is 1.08 bits per heavy atom. The van der Waals surface area contributed by atoms with Crippen LogP contribution < -0.4 is 10.6 Å². The maximum atomic E-state index is 12.3. The zero-order valence-corrected chi connectivity index (χ0v) is 24.4. The molecule has 8 heteroatoms. The van der Waals surface area contributed by atoms with E-state index in [1.54, 1.807) is 37.3 Å². The zero-order chi connectivity index (χ0) is 28.2. The standard InChI is InChI=1S/C18H26N4O3.C8H17N.C3H8/c1-13(2)16(22(4)17(24)11-20-12-23)9-14(3)18(25)21-10-15-5-7-19-8-6-15;1-8(2)9-6-4-3-5-7-9;1-3-2/h5-9,12-13,16H,10-11H2,1-4H3,(H,20,23)(H,21,25);8H,3-7H2,1-2H3;3H2,1-2H3/b14-9+;;/t16-;;/m1../s1. The van der Waals surface area contributed by atoms with Gasteiger partial charge >= 0.3 is 0 Å². The molecular weight excluding hydrogens is 466 g/mol. The molecule has 2 N–H and O–H groups in total. The van der Waals surface area contributed by atoms with Gasteiger partial charge in [-0.2, -0.15) is 0 Å². The van der Waals surface area contributed by atoms with Crippen LogP contribution in [0.3, 0.4) is 0 Å². The molecule has 0 saturated carbocycles.